The summed E-state index contributed by atoms with van der Waals surface area (Å²) in [5.41, 5.74) is 0.219. The summed E-state index contributed by atoms with van der Waals surface area (Å²) in [5.74, 6) is 1.76. The Bertz CT molecular complexity index is 797. The number of hydrogen-bond donors (Lipinski definition) is 2. The van der Waals surface area contributed by atoms with Gasteiger partial charge in [-0.3, -0.25) is 0 Å². The maximum Gasteiger partial charge on any atom is 0.335 e. The van der Waals surface area contributed by atoms with E-state index in [2.05, 4.69) is 13.8 Å². The van der Waals surface area contributed by atoms with Crippen LogP contribution in [0.4, 0.5) is 0 Å². The van der Waals surface area contributed by atoms with Crippen LogP contribution in [0.2, 0.25) is 0 Å². The summed E-state index contributed by atoms with van der Waals surface area (Å²) < 4.78 is 5.17. The third kappa shape index (κ3) is 2.40. The molecule has 1 aromatic heterocycles. The van der Waals surface area contributed by atoms with Crippen molar-refractivity contribution in [3.63, 3.8) is 0 Å². The Morgan fingerprint density at radius 2 is 1.82 bits per heavy atom. The summed E-state index contributed by atoms with van der Waals surface area (Å²) in [6, 6.07) is 3.42. The fourth-order valence-electron chi connectivity index (χ4n) is 8.30. The number of fused-ring (bicyclic) bond motifs is 5. The Morgan fingerprint density at radius 1 is 1.00 bits per heavy atom. The van der Waals surface area contributed by atoms with Crippen molar-refractivity contribution in [1.29, 1.82) is 0 Å². The summed E-state index contributed by atoms with van der Waals surface area (Å²) in [5, 5.41) is 22.4. The Morgan fingerprint density at radius 3 is 2.57 bits per heavy atom. The van der Waals surface area contributed by atoms with Crippen LogP contribution in [-0.2, 0) is 0 Å². The fraction of sp³-hybridized carbons (Fsp3) is 0.792. The molecule has 8 atom stereocenters. The first-order chi connectivity index (χ1) is 13.3. The van der Waals surface area contributed by atoms with Gasteiger partial charge in [0.1, 0.15) is 0 Å². The largest absolute Gasteiger partial charge is 0.431 e. The maximum absolute atomic E-state index is 12.2. The summed E-state index contributed by atoms with van der Waals surface area (Å²) in [7, 11) is 0. The van der Waals surface area contributed by atoms with Gasteiger partial charge >= 0.3 is 5.63 Å². The highest BCUT2D eigenvalue weighted by Crippen LogP contribution is 2.70. The SMILES string of the molecule is C[C@]12CC[C@H](O)C[C@H]1CCC1[C@@H]2CC[C@]2(C)[C@@H](c3ccc(=O)oc3)CC[C@]12O. The Labute approximate surface area is 167 Å². The lowest BCUT2D eigenvalue weighted by atomic mass is 9.43. The summed E-state index contributed by atoms with van der Waals surface area (Å²) >= 11 is 0. The number of aliphatic hydroxyl groups excluding tert-OH is 1. The van der Waals surface area contributed by atoms with Crippen molar-refractivity contribution in [3.05, 3.63) is 34.4 Å². The molecule has 4 fully saturated rings. The molecule has 154 valence electrons. The van der Waals surface area contributed by atoms with E-state index in [4.69, 9.17) is 4.42 Å². The zero-order valence-corrected chi connectivity index (χ0v) is 17.2. The van der Waals surface area contributed by atoms with E-state index in [9.17, 15) is 15.0 Å². The van der Waals surface area contributed by atoms with Crippen LogP contribution in [0, 0.1) is 28.6 Å². The highest BCUT2D eigenvalue weighted by Gasteiger charge is 2.67. The number of hydrogen-bond acceptors (Lipinski definition) is 4. The lowest BCUT2D eigenvalue weighted by Gasteiger charge is -2.63. The third-order valence-electron chi connectivity index (χ3n) is 9.95. The van der Waals surface area contributed by atoms with Gasteiger partial charge in [-0.1, -0.05) is 13.8 Å². The van der Waals surface area contributed by atoms with Gasteiger partial charge in [-0.05, 0) is 98.5 Å². The van der Waals surface area contributed by atoms with Gasteiger partial charge in [0.15, 0.2) is 0 Å². The predicted molar refractivity (Wildman–Crippen MR) is 107 cm³/mol. The lowest BCUT2D eigenvalue weighted by molar-refractivity contribution is -0.205. The van der Waals surface area contributed by atoms with E-state index in [1.807, 2.05) is 6.07 Å². The summed E-state index contributed by atoms with van der Waals surface area (Å²) in [6.45, 7) is 4.73. The molecule has 4 aliphatic rings. The Hall–Kier alpha value is -1.13. The van der Waals surface area contributed by atoms with Crippen LogP contribution in [0.1, 0.15) is 83.1 Å². The molecule has 1 heterocycles. The van der Waals surface area contributed by atoms with E-state index < -0.39 is 5.60 Å². The van der Waals surface area contributed by atoms with Crippen LogP contribution in [0.5, 0.6) is 0 Å². The van der Waals surface area contributed by atoms with Crippen molar-refractivity contribution in [2.75, 3.05) is 0 Å². The molecule has 2 N–H and O–H groups in total. The van der Waals surface area contributed by atoms with Gasteiger partial charge < -0.3 is 14.6 Å². The minimum Gasteiger partial charge on any atom is -0.431 e. The first-order valence-electron chi connectivity index (χ1n) is 11.3. The molecule has 0 radical (unpaired) electrons. The van der Waals surface area contributed by atoms with Crippen LogP contribution in [0.3, 0.4) is 0 Å². The minimum absolute atomic E-state index is 0.129. The zero-order valence-electron chi connectivity index (χ0n) is 17.2. The molecule has 0 aromatic carbocycles. The molecule has 4 nitrogen and oxygen atoms in total. The van der Waals surface area contributed by atoms with Gasteiger partial charge in [0, 0.05) is 11.5 Å². The molecule has 0 amide bonds. The van der Waals surface area contributed by atoms with Gasteiger partial charge in [-0.25, -0.2) is 4.79 Å². The van der Waals surface area contributed by atoms with Crippen LogP contribution >= 0.6 is 0 Å². The minimum atomic E-state index is -0.638. The molecule has 4 aliphatic carbocycles. The molecule has 0 spiro atoms. The van der Waals surface area contributed by atoms with E-state index in [0.717, 1.165) is 56.9 Å². The second-order valence-corrected chi connectivity index (χ2v) is 10.8. The first kappa shape index (κ1) is 18.9. The average Bonchev–Trinajstić information content (AvgIpc) is 2.95. The average molecular weight is 387 g/mol. The van der Waals surface area contributed by atoms with Gasteiger partial charge in [-0.2, -0.15) is 0 Å². The van der Waals surface area contributed by atoms with Gasteiger partial charge in [-0.15, -0.1) is 0 Å². The van der Waals surface area contributed by atoms with Crippen LogP contribution in [0.15, 0.2) is 27.6 Å². The molecule has 4 heteroatoms. The van der Waals surface area contributed by atoms with Gasteiger partial charge in [0.2, 0.25) is 0 Å². The van der Waals surface area contributed by atoms with E-state index in [1.54, 1.807) is 6.26 Å². The van der Waals surface area contributed by atoms with Crippen LogP contribution < -0.4 is 5.63 Å². The van der Waals surface area contributed by atoms with E-state index in [0.29, 0.717) is 17.8 Å². The second kappa shape index (κ2) is 6.18. The van der Waals surface area contributed by atoms with Crippen molar-refractivity contribution >= 4 is 0 Å². The molecule has 28 heavy (non-hydrogen) atoms. The molecular weight excluding hydrogens is 352 g/mol. The van der Waals surface area contributed by atoms with Crippen molar-refractivity contribution in [2.45, 2.75) is 89.3 Å². The smallest absolute Gasteiger partial charge is 0.335 e. The Kier molecular flexibility index (Phi) is 4.17. The number of rotatable bonds is 1. The third-order valence-corrected chi connectivity index (χ3v) is 9.95. The monoisotopic (exact) mass is 386 g/mol. The normalized spacial score (nSPS) is 50.5. The lowest BCUT2D eigenvalue weighted by Crippen LogP contribution is -2.62. The molecule has 0 aliphatic heterocycles. The van der Waals surface area contributed by atoms with Crippen molar-refractivity contribution in [1.82, 2.24) is 0 Å². The van der Waals surface area contributed by atoms with Crippen LogP contribution in [-0.4, -0.2) is 21.9 Å². The molecule has 1 aromatic rings. The topological polar surface area (TPSA) is 70.7 Å². The fourth-order valence-corrected chi connectivity index (χ4v) is 8.30. The molecular formula is C24H34O4. The van der Waals surface area contributed by atoms with E-state index in [1.165, 1.54) is 12.5 Å². The second-order valence-electron chi connectivity index (χ2n) is 10.8. The molecule has 4 saturated carbocycles. The zero-order chi connectivity index (χ0) is 19.7. The van der Waals surface area contributed by atoms with Gasteiger partial charge in [0.25, 0.3) is 0 Å². The maximum atomic E-state index is 12.2. The van der Waals surface area contributed by atoms with Gasteiger partial charge in [0.05, 0.1) is 18.0 Å². The predicted octanol–water partition coefficient (Wildman–Crippen LogP) is 4.24. The Balaban J connectivity index is 1.48. The quantitative estimate of drug-likeness (QED) is 0.757. The molecule has 0 bridgehead atoms. The molecule has 0 saturated heterocycles. The van der Waals surface area contributed by atoms with Crippen molar-refractivity contribution in [2.24, 2.45) is 28.6 Å². The highest BCUT2D eigenvalue weighted by atomic mass is 16.4. The van der Waals surface area contributed by atoms with Crippen molar-refractivity contribution < 1.29 is 14.6 Å². The molecule has 5 rings (SSSR count). The molecule has 1 unspecified atom stereocenters. The van der Waals surface area contributed by atoms with E-state index >= 15 is 0 Å². The number of aliphatic hydroxyl groups is 2. The van der Waals surface area contributed by atoms with Crippen molar-refractivity contribution in [3.8, 4) is 0 Å². The van der Waals surface area contributed by atoms with Crippen LogP contribution in [0.25, 0.3) is 0 Å². The standard InChI is InChI=1S/C24H34O4/c1-22-10-7-17(25)13-16(22)4-5-20-19(22)8-11-23(2)18(9-12-24(20,23)27)15-3-6-21(26)28-14-15/h3,6,14,16-20,25,27H,4-5,7-13H2,1-2H3/t16-,17+,18-,19+,20?,22+,23-,24+/m1/s1. The first-order valence-corrected chi connectivity index (χ1v) is 11.3. The van der Waals surface area contributed by atoms with E-state index in [-0.39, 0.29) is 28.5 Å². The summed E-state index contributed by atoms with van der Waals surface area (Å²) in [6.07, 6.45) is 10.7. The summed E-state index contributed by atoms with van der Waals surface area (Å²) in [4.78, 5) is 11.4. The highest BCUT2D eigenvalue weighted by molar-refractivity contribution is 5.27.